The molecule has 3 saturated carbocycles. The van der Waals surface area contributed by atoms with Crippen LogP contribution in [0.3, 0.4) is 0 Å². The summed E-state index contributed by atoms with van der Waals surface area (Å²) in [4.78, 5) is 12.0. The van der Waals surface area contributed by atoms with Crippen molar-refractivity contribution in [1.82, 2.24) is 0 Å². The Morgan fingerprint density at radius 1 is 1.09 bits per heavy atom. The molecule has 0 heterocycles. The summed E-state index contributed by atoms with van der Waals surface area (Å²) in [6.45, 7) is 9.24. The zero-order valence-corrected chi connectivity index (χ0v) is 14.9. The van der Waals surface area contributed by atoms with Gasteiger partial charge < -0.3 is 5.11 Å². The Kier molecular flexibility index (Phi) is 4.10. The van der Waals surface area contributed by atoms with Gasteiger partial charge in [-0.25, -0.2) is 0 Å². The topological polar surface area (TPSA) is 37.3 Å². The van der Waals surface area contributed by atoms with Crippen LogP contribution in [0.2, 0.25) is 0 Å². The van der Waals surface area contributed by atoms with Crippen LogP contribution in [0.1, 0.15) is 79.1 Å². The van der Waals surface area contributed by atoms with E-state index in [1.54, 1.807) is 0 Å². The van der Waals surface area contributed by atoms with Crippen LogP contribution in [0.15, 0.2) is 0 Å². The fourth-order valence-corrected chi connectivity index (χ4v) is 6.73. The minimum Gasteiger partial charge on any atom is -0.481 e. The first-order chi connectivity index (χ1) is 10.3. The second-order valence-electron chi connectivity index (χ2n) is 9.40. The molecule has 2 nitrogen and oxygen atoms in total. The Labute approximate surface area is 136 Å². The minimum absolute atomic E-state index is 0.274. The number of hydrogen-bond acceptors (Lipinski definition) is 1. The summed E-state index contributed by atoms with van der Waals surface area (Å²) in [5.74, 6) is 3.19. The quantitative estimate of drug-likeness (QED) is 0.745. The van der Waals surface area contributed by atoms with E-state index in [1.807, 2.05) is 6.92 Å². The molecule has 3 fully saturated rings. The van der Waals surface area contributed by atoms with Gasteiger partial charge in [-0.3, -0.25) is 4.79 Å². The summed E-state index contributed by atoms with van der Waals surface area (Å²) in [6, 6.07) is 0. The molecular weight excluding hydrogens is 272 g/mol. The molecule has 0 spiro atoms. The highest BCUT2D eigenvalue weighted by Crippen LogP contribution is 2.64. The van der Waals surface area contributed by atoms with Crippen LogP contribution in [-0.2, 0) is 4.79 Å². The zero-order valence-electron chi connectivity index (χ0n) is 14.9. The van der Waals surface area contributed by atoms with Crippen LogP contribution in [-0.4, -0.2) is 11.1 Å². The van der Waals surface area contributed by atoms with Crippen LogP contribution in [0.5, 0.6) is 0 Å². The SMILES string of the molecule is CC(C)[C@H]1CCC2C(CCC3[C@]2(C)CCC[C@@]3(C)C(=O)O)C1. The monoisotopic (exact) mass is 306 g/mol. The van der Waals surface area contributed by atoms with Gasteiger partial charge in [-0.15, -0.1) is 0 Å². The van der Waals surface area contributed by atoms with E-state index in [2.05, 4.69) is 20.8 Å². The predicted molar refractivity (Wildman–Crippen MR) is 89.6 cm³/mol. The lowest BCUT2D eigenvalue weighted by Gasteiger charge is -2.60. The van der Waals surface area contributed by atoms with Crippen molar-refractivity contribution in [3.05, 3.63) is 0 Å². The third-order valence-corrected chi connectivity index (χ3v) is 8.10. The molecule has 6 atom stereocenters. The van der Waals surface area contributed by atoms with E-state index >= 15 is 0 Å². The molecule has 22 heavy (non-hydrogen) atoms. The zero-order chi connectivity index (χ0) is 16.1. The molecule has 3 aliphatic rings. The molecular formula is C20H34O2. The maximum Gasteiger partial charge on any atom is 0.309 e. The highest BCUT2D eigenvalue weighted by Gasteiger charge is 2.59. The minimum atomic E-state index is -0.544. The van der Waals surface area contributed by atoms with Crippen LogP contribution in [0, 0.1) is 40.4 Å². The normalized spacial score (nSPS) is 48.6. The lowest BCUT2D eigenvalue weighted by Crippen LogP contribution is -2.56. The van der Waals surface area contributed by atoms with E-state index < -0.39 is 11.4 Å². The smallest absolute Gasteiger partial charge is 0.309 e. The number of carbonyl (C=O) groups is 1. The predicted octanol–water partition coefficient (Wildman–Crippen LogP) is 5.37. The molecule has 126 valence electrons. The van der Waals surface area contributed by atoms with E-state index in [1.165, 1.54) is 32.1 Å². The standard InChI is InChI=1S/C20H34O2/c1-13(2)14-6-8-16-15(12-14)7-9-17-19(16,3)10-5-11-20(17,4)18(21)22/h13-17H,5-12H2,1-4H3,(H,21,22)/t14-,15?,16?,17?,19+,20+/m0/s1. The van der Waals surface area contributed by atoms with Gasteiger partial charge in [-0.2, -0.15) is 0 Å². The summed E-state index contributed by atoms with van der Waals surface area (Å²) < 4.78 is 0. The van der Waals surface area contributed by atoms with Crippen LogP contribution in [0.4, 0.5) is 0 Å². The summed E-state index contributed by atoms with van der Waals surface area (Å²) in [7, 11) is 0. The molecule has 0 bridgehead atoms. The van der Waals surface area contributed by atoms with Gasteiger partial charge in [0.2, 0.25) is 0 Å². The largest absolute Gasteiger partial charge is 0.481 e. The van der Waals surface area contributed by atoms with Crippen LogP contribution in [0.25, 0.3) is 0 Å². The highest BCUT2D eigenvalue weighted by molar-refractivity contribution is 5.75. The number of aliphatic carboxylic acids is 1. The van der Waals surface area contributed by atoms with Gasteiger partial charge in [0.15, 0.2) is 0 Å². The first-order valence-electron chi connectivity index (χ1n) is 9.52. The van der Waals surface area contributed by atoms with Crippen molar-refractivity contribution in [2.75, 3.05) is 0 Å². The van der Waals surface area contributed by atoms with Gasteiger partial charge in [-0.1, -0.05) is 27.2 Å². The van der Waals surface area contributed by atoms with Gasteiger partial charge in [0.25, 0.3) is 0 Å². The highest BCUT2D eigenvalue weighted by atomic mass is 16.4. The van der Waals surface area contributed by atoms with Crippen LogP contribution < -0.4 is 0 Å². The Hall–Kier alpha value is -0.530. The van der Waals surface area contributed by atoms with E-state index in [-0.39, 0.29) is 5.41 Å². The van der Waals surface area contributed by atoms with Crippen molar-refractivity contribution < 1.29 is 9.90 Å². The third-order valence-electron chi connectivity index (χ3n) is 8.10. The fourth-order valence-electron chi connectivity index (χ4n) is 6.73. The van der Waals surface area contributed by atoms with Gasteiger partial charge in [0.05, 0.1) is 5.41 Å². The fraction of sp³-hybridized carbons (Fsp3) is 0.950. The second kappa shape index (κ2) is 5.53. The molecule has 0 aromatic carbocycles. The summed E-state index contributed by atoms with van der Waals surface area (Å²) in [5.41, 5.74) is -0.205. The molecule has 0 aromatic heterocycles. The molecule has 0 aliphatic heterocycles. The Bertz CT molecular complexity index is 443. The molecule has 0 radical (unpaired) electrons. The third kappa shape index (κ3) is 2.32. The van der Waals surface area contributed by atoms with E-state index in [0.717, 1.165) is 42.9 Å². The number of carboxylic acids is 1. The van der Waals surface area contributed by atoms with Gasteiger partial charge in [0.1, 0.15) is 0 Å². The molecule has 3 unspecified atom stereocenters. The summed E-state index contributed by atoms with van der Waals surface area (Å²) in [5, 5.41) is 9.86. The molecule has 0 amide bonds. The van der Waals surface area contributed by atoms with Crippen molar-refractivity contribution in [1.29, 1.82) is 0 Å². The van der Waals surface area contributed by atoms with E-state index in [0.29, 0.717) is 5.92 Å². The van der Waals surface area contributed by atoms with Crippen molar-refractivity contribution >= 4 is 5.97 Å². The number of carboxylic acid groups (broad SMARTS) is 1. The van der Waals surface area contributed by atoms with Crippen molar-refractivity contribution in [2.45, 2.75) is 79.1 Å². The molecule has 3 aliphatic carbocycles. The van der Waals surface area contributed by atoms with E-state index in [4.69, 9.17) is 0 Å². The first kappa shape index (κ1) is 16.3. The molecule has 0 saturated heterocycles. The maximum absolute atomic E-state index is 12.0. The van der Waals surface area contributed by atoms with Crippen LogP contribution >= 0.6 is 0 Å². The lowest BCUT2D eigenvalue weighted by molar-refractivity contribution is -0.173. The number of hydrogen-bond donors (Lipinski definition) is 1. The number of rotatable bonds is 2. The van der Waals surface area contributed by atoms with Crippen molar-refractivity contribution in [2.24, 2.45) is 40.4 Å². The summed E-state index contributed by atoms with van der Waals surface area (Å²) in [6.07, 6.45) is 9.77. The summed E-state index contributed by atoms with van der Waals surface area (Å²) >= 11 is 0. The molecule has 3 rings (SSSR count). The van der Waals surface area contributed by atoms with Crippen molar-refractivity contribution in [3.8, 4) is 0 Å². The number of fused-ring (bicyclic) bond motifs is 3. The Morgan fingerprint density at radius 3 is 2.45 bits per heavy atom. The second-order valence-corrected chi connectivity index (χ2v) is 9.40. The van der Waals surface area contributed by atoms with Crippen molar-refractivity contribution in [3.63, 3.8) is 0 Å². The molecule has 0 aromatic rings. The average molecular weight is 306 g/mol. The van der Waals surface area contributed by atoms with Gasteiger partial charge in [0, 0.05) is 0 Å². The van der Waals surface area contributed by atoms with Gasteiger partial charge >= 0.3 is 5.97 Å². The van der Waals surface area contributed by atoms with E-state index in [9.17, 15) is 9.90 Å². The first-order valence-corrected chi connectivity index (χ1v) is 9.52. The molecule has 2 heteroatoms. The maximum atomic E-state index is 12.0. The average Bonchev–Trinajstić information content (AvgIpc) is 2.46. The van der Waals surface area contributed by atoms with Gasteiger partial charge in [-0.05, 0) is 86.9 Å². The lowest BCUT2D eigenvalue weighted by atomic mass is 9.43. The molecule has 1 N–H and O–H groups in total. The Balaban J connectivity index is 1.86. The Morgan fingerprint density at radius 2 is 1.82 bits per heavy atom.